The normalized spacial score (nSPS) is 16.1. The van der Waals surface area contributed by atoms with Gasteiger partial charge in [-0.3, -0.25) is 0 Å². The van der Waals surface area contributed by atoms with Crippen LogP contribution in [-0.2, 0) is 6.54 Å². The van der Waals surface area contributed by atoms with Crippen LogP contribution in [0.2, 0.25) is 0 Å². The number of likely N-dealkylation sites (N-methyl/N-ethyl adjacent to an activating group) is 1. The van der Waals surface area contributed by atoms with E-state index in [0.717, 1.165) is 31.1 Å². The van der Waals surface area contributed by atoms with Crippen molar-refractivity contribution in [3.63, 3.8) is 0 Å². The summed E-state index contributed by atoms with van der Waals surface area (Å²) in [6.45, 7) is 5.48. The van der Waals surface area contributed by atoms with E-state index in [-0.39, 0.29) is 0 Å². The number of piperidine rings is 1. The van der Waals surface area contributed by atoms with Gasteiger partial charge in [0.05, 0.1) is 7.11 Å². The lowest BCUT2D eigenvalue weighted by Gasteiger charge is -2.33. The van der Waals surface area contributed by atoms with E-state index >= 15 is 0 Å². The van der Waals surface area contributed by atoms with Crippen molar-refractivity contribution in [2.24, 2.45) is 0 Å². The molecule has 1 aliphatic heterocycles. The first kappa shape index (κ1) is 18.7. The van der Waals surface area contributed by atoms with Crippen LogP contribution in [0.15, 0.2) is 48.5 Å². The molecule has 0 amide bonds. The van der Waals surface area contributed by atoms with Crippen molar-refractivity contribution >= 4 is 5.69 Å². The SMILES string of the molecule is COc1ccccc1CN(C)CCN1CCC(c2ccc(N)cc2)CC1. The van der Waals surface area contributed by atoms with Gasteiger partial charge in [0.1, 0.15) is 5.75 Å². The van der Waals surface area contributed by atoms with Crippen LogP contribution >= 0.6 is 0 Å². The molecule has 3 rings (SSSR count). The number of benzene rings is 2. The molecule has 4 nitrogen and oxygen atoms in total. The first-order valence-electron chi connectivity index (χ1n) is 9.54. The van der Waals surface area contributed by atoms with Crippen molar-refractivity contribution in [1.29, 1.82) is 0 Å². The van der Waals surface area contributed by atoms with Gasteiger partial charge in [-0.25, -0.2) is 0 Å². The quantitative estimate of drug-likeness (QED) is 0.773. The van der Waals surface area contributed by atoms with E-state index in [4.69, 9.17) is 10.5 Å². The van der Waals surface area contributed by atoms with Crippen LogP contribution in [-0.4, -0.2) is 50.1 Å². The minimum absolute atomic E-state index is 0.679. The molecule has 1 aliphatic rings. The second kappa shape index (κ2) is 9.06. The Hall–Kier alpha value is -2.04. The van der Waals surface area contributed by atoms with Crippen molar-refractivity contribution in [2.45, 2.75) is 25.3 Å². The lowest BCUT2D eigenvalue weighted by atomic mass is 9.89. The van der Waals surface area contributed by atoms with E-state index in [1.165, 1.54) is 37.1 Å². The summed E-state index contributed by atoms with van der Waals surface area (Å²) in [5.74, 6) is 1.65. The van der Waals surface area contributed by atoms with Crippen LogP contribution in [0.25, 0.3) is 0 Å². The molecule has 2 aromatic rings. The maximum atomic E-state index is 5.80. The predicted molar refractivity (Wildman–Crippen MR) is 109 cm³/mol. The molecule has 4 heteroatoms. The number of methoxy groups -OCH3 is 1. The van der Waals surface area contributed by atoms with Crippen LogP contribution in [0.1, 0.15) is 29.9 Å². The first-order chi connectivity index (χ1) is 12.7. The molecule has 2 N–H and O–H groups in total. The molecule has 1 heterocycles. The summed E-state index contributed by atoms with van der Waals surface area (Å²) < 4.78 is 5.46. The van der Waals surface area contributed by atoms with Crippen molar-refractivity contribution in [3.05, 3.63) is 59.7 Å². The smallest absolute Gasteiger partial charge is 0.123 e. The number of rotatable bonds is 7. The fourth-order valence-electron chi connectivity index (χ4n) is 3.77. The summed E-state index contributed by atoms with van der Waals surface area (Å²) >= 11 is 0. The lowest BCUT2D eigenvalue weighted by Crippen LogP contribution is -2.38. The van der Waals surface area contributed by atoms with Gasteiger partial charge in [-0.05, 0) is 62.7 Å². The second-order valence-electron chi connectivity index (χ2n) is 7.33. The number of nitrogen functional groups attached to an aromatic ring is 1. The van der Waals surface area contributed by atoms with E-state index in [9.17, 15) is 0 Å². The average Bonchev–Trinajstić information content (AvgIpc) is 2.68. The maximum Gasteiger partial charge on any atom is 0.123 e. The number of nitrogens with two attached hydrogens (primary N) is 1. The lowest BCUT2D eigenvalue weighted by molar-refractivity contribution is 0.182. The summed E-state index contributed by atoms with van der Waals surface area (Å²) in [5.41, 5.74) is 9.34. The van der Waals surface area contributed by atoms with Crippen molar-refractivity contribution in [2.75, 3.05) is 46.1 Å². The van der Waals surface area contributed by atoms with Gasteiger partial charge in [0.15, 0.2) is 0 Å². The fourth-order valence-corrected chi connectivity index (χ4v) is 3.77. The highest BCUT2D eigenvalue weighted by Gasteiger charge is 2.20. The van der Waals surface area contributed by atoms with Crippen LogP contribution in [0.5, 0.6) is 5.75 Å². The zero-order chi connectivity index (χ0) is 18.4. The summed E-state index contributed by atoms with van der Waals surface area (Å²) in [6, 6.07) is 16.7. The third-order valence-electron chi connectivity index (χ3n) is 5.43. The Morgan fingerprint density at radius 1 is 1.08 bits per heavy atom. The molecule has 0 spiro atoms. The van der Waals surface area contributed by atoms with Crippen LogP contribution in [0.3, 0.4) is 0 Å². The highest BCUT2D eigenvalue weighted by Crippen LogP contribution is 2.28. The number of likely N-dealkylation sites (tertiary alicyclic amines) is 1. The molecule has 26 heavy (non-hydrogen) atoms. The third kappa shape index (κ3) is 4.99. The second-order valence-corrected chi connectivity index (χ2v) is 7.33. The van der Waals surface area contributed by atoms with E-state index < -0.39 is 0 Å². The summed E-state index contributed by atoms with van der Waals surface area (Å²) in [7, 11) is 3.93. The van der Waals surface area contributed by atoms with E-state index in [1.807, 2.05) is 24.3 Å². The van der Waals surface area contributed by atoms with Crippen molar-refractivity contribution in [3.8, 4) is 5.75 Å². The molecule has 0 atom stereocenters. The Kier molecular flexibility index (Phi) is 6.53. The zero-order valence-electron chi connectivity index (χ0n) is 16.0. The molecule has 0 saturated carbocycles. The monoisotopic (exact) mass is 353 g/mol. The number of nitrogens with zero attached hydrogens (tertiary/aromatic N) is 2. The number of hydrogen-bond acceptors (Lipinski definition) is 4. The van der Waals surface area contributed by atoms with Crippen LogP contribution in [0.4, 0.5) is 5.69 Å². The molecule has 0 aromatic heterocycles. The van der Waals surface area contributed by atoms with Gasteiger partial charge in [-0.2, -0.15) is 0 Å². The molecule has 2 aromatic carbocycles. The van der Waals surface area contributed by atoms with E-state index in [2.05, 4.69) is 41.1 Å². The Morgan fingerprint density at radius 3 is 2.46 bits per heavy atom. The van der Waals surface area contributed by atoms with Gasteiger partial charge >= 0.3 is 0 Å². The molecule has 1 saturated heterocycles. The van der Waals surface area contributed by atoms with Crippen molar-refractivity contribution < 1.29 is 4.74 Å². The number of anilines is 1. The molecule has 0 unspecified atom stereocenters. The highest BCUT2D eigenvalue weighted by molar-refractivity contribution is 5.40. The Morgan fingerprint density at radius 2 is 1.77 bits per heavy atom. The van der Waals surface area contributed by atoms with Gasteiger partial charge in [0, 0.05) is 30.9 Å². The summed E-state index contributed by atoms with van der Waals surface area (Å²) in [4.78, 5) is 4.97. The molecule has 0 radical (unpaired) electrons. The maximum absolute atomic E-state index is 5.80. The number of ether oxygens (including phenoxy) is 1. The van der Waals surface area contributed by atoms with E-state index in [1.54, 1.807) is 7.11 Å². The Bertz CT molecular complexity index is 678. The fraction of sp³-hybridized carbons (Fsp3) is 0.455. The van der Waals surface area contributed by atoms with E-state index in [0.29, 0.717) is 5.92 Å². The molecular weight excluding hydrogens is 322 g/mol. The average molecular weight is 354 g/mol. The van der Waals surface area contributed by atoms with Crippen molar-refractivity contribution in [1.82, 2.24) is 9.80 Å². The Labute approximate surface area is 157 Å². The number of para-hydroxylation sites is 1. The standard InChI is InChI=1S/C22H31N3O/c1-24(17-20-5-3-4-6-22(20)26-2)15-16-25-13-11-19(12-14-25)18-7-9-21(23)10-8-18/h3-10,19H,11-17,23H2,1-2H3. The Balaban J connectivity index is 1.42. The van der Waals surface area contributed by atoms with Crippen LogP contribution in [0, 0.1) is 0 Å². The summed E-state index contributed by atoms with van der Waals surface area (Å²) in [6.07, 6.45) is 2.47. The predicted octanol–water partition coefficient (Wildman–Crippen LogP) is 3.59. The minimum atomic E-state index is 0.679. The molecule has 140 valence electrons. The van der Waals surface area contributed by atoms with Gasteiger partial charge in [0.25, 0.3) is 0 Å². The molecular formula is C22H31N3O. The topological polar surface area (TPSA) is 41.7 Å². The zero-order valence-corrected chi connectivity index (χ0v) is 16.0. The van der Waals surface area contributed by atoms with Gasteiger partial charge in [-0.1, -0.05) is 30.3 Å². The molecule has 1 fully saturated rings. The largest absolute Gasteiger partial charge is 0.496 e. The summed E-state index contributed by atoms with van der Waals surface area (Å²) in [5, 5.41) is 0. The minimum Gasteiger partial charge on any atom is -0.496 e. The number of hydrogen-bond donors (Lipinski definition) is 1. The van der Waals surface area contributed by atoms with Gasteiger partial charge < -0.3 is 20.3 Å². The molecule has 0 aliphatic carbocycles. The molecule has 0 bridgehead atoms. The highest BCUT2D eigenvalue weighted by atomic mass is 16.5. The first-order valence-corrected chi connectivity index (χ1v) is 9.54. The third-order valence-corrected chi connectivity index (χ3v) is 5.43. The van der Waals surface area contributed by atoms with Gasteiger partial charge in [0.2, 0.25) is 0 Å². The van der Waals surface area contributed by atoms with Crippen LogP contribution < -0.4 is 10.5 Å². The van der Waals surface area contributed by atoms with Gasteiger partial charge in [-0.15, -0.1) is 0 Å².